The summed E-state index contributed by atoms with van der Waals surface area (Å²) in [5.41, 5.74) is 10.5. The van der Waals surface area contributed by atoms with Gasteiger partial charge in [-0.05, 0) is 37.6 Å². The van der Waals surface area contributed by atoms with Crippen LogP contribution in [0.1, 0.15) is 25.3 Å². The summed E-state index contributed by atoms with van der Waals surface area (Å²) in [7, 11) is 2.14. The summed E-state index contributed by atoms with van der Waals surface area (Å²) < 4.78 is 0. The Morgan fingerprint density at radius 2 is 1.85 bits per heavy atom. The highest BCUT2D eigenvalue weighted by Gasteiger charge is 2.30. The van der Waals surface area contributed by atoms with Gasteiger partial charge in [0.2, 0.25) is 0 Å². The van der Waals surface area contributed by atoms with E-state index in [1.54, 1.807) is 0 Å². The van der Waals surface area contributed by atoms with Gasteiger partial charge in [0.15, 0.2) is 0 Å². The molecule has 0 saturated carbocycles. The third-order valence-electron chi connectivity index (χ3n) is 5.24. The van der Waals surface area contributed by atoms with Gasteiger partial charge in [-0.1, -0.05) is 25.5 Å². The zero-order valence-electron chi connectivity index (χ0n) is 16.3. The predicted octanol–water partition coefficient (Wildman–Crippen LogP) is 0.834. The number of hydrogen-bond acceptors (Lipinski definition) is 6. The number of hydrazine groups is 1. The second kappa shape index (κ2) is 10.1. The van der Waals surface area contributed by atoms with Crippen molar-refractivity contribution >= 4 is 17.5 Å². The van der Waals surface area contributed by atoms with Crippen molar-refractivity contribution in [1.82, 2.24) is 10.4 Å². The lowest BCUT2D eigenvalue weighted by atomic mass is 9.83. The summed E-state index contributed by atoms with van der Waals surface area (Å²) in [5.74, 6) is 3.61. The highest BCUT2D eigenvalue weighted by Crippen LogP contribution is 2.25. The molecular weight excluding hydrogens is 344 g/mol. The quantitative estimate of drug-likeness (QED) is 0.218. The molecule has 0 spiro atoms. The molecule has 6 N–H and O–H groups in total. The van der Waals surface area contributed by atoms with E-state index in [0.29, 0.717) is 12.8 Å². The molecule has 0 radical (unpaired) electrons. The third kappa shape index (κ3) is 5.83. The summed E-state index contributed by atoms with van der Waals surface area (Å²) in [6, 6.07) is 8.30. The first-order chi connectivity index (χ1) is 13.0. The van der Waals surface area contributed by atoms with Gasteiger partial charge in [0.1, 0.15) is 5.84 Å². The molecule has 1 saturated heterocycles. The number of hydrogen-bond donors (Lipinski definition) is 4. The number of carbonyl (C=O) groups is 1. The molecule has 27 heavy (non-hydrogen) atoms. The molecule has 2 atom stereocenters. The first kappa shape index (κ1) is 21.0. The van der Waals surface area contributed by atoms with Gasteiger partial charge in [0.25, 0.3) is 0 Å². The van der Waals surface area contributed by atoms with E-state index >= 15 is 0 Å². The van der Waals surface area contributed by atoms with Crippen LogP contribution in [-0.4, -0.2) is 55.0 Å². The molecule has 1 heterocycles. The molecule has 150 valence electrons. The Balaban J connectivity index is 2.14. The van der Waals surface area contributed by atoms with Crippen LogP contribution in [0.5, 0.6) is 0 Å². The highest BCUT2D eigenvalue weighted by molar-refractivity contribution is 5.87. The topological polar surface area (TPSA) is 120 Å². The molecule has 2 rings (SSSR count). The van der Waals surface area contributed by atoms with Crippen molar-refractivity contribution in [2.45, 2.75) is 26.2 Å². The Hall–Kier alpha value is -2.32. The summed E-state index contributed by atoms with van der Waals surface area (Å²) in [5, 5.41) is 13.5. The van der Waals surface area contributed by atoms with E-state index in [0.717, 1.165) is 38.2 Å². The van der Waals surface area contributed by atoms with E-state index in [2.05, 4.69) is 51.7 Å². The molecule has 1 aromatic carbocycles. The predicted molar refractivity (Wildman–Crippen MR) is 108 cm³/mol. The van der Waals surface area contributed by atoms with Crippen molar-refractivity contribution in [3.63, 3.8) is 0 Å². The number of nitrogens with zero attached hydrogens (tertiary/aromatic N) is 3. The van der Waals surface area contributed by atoms with E-state index in [4.69, 9.17) is 11.6 Å². The van der Waals surface area contributed by atoms with Crippen molar-refractivity contribution in [1.29, 1.82) is 0 Å². The number of amidine groups is 1. The lowest BCUT2D eigenvalue weighted by Crippen LogP contribution is -2.44. The molecular formula is C19H32N6O2. The number of piperazine rings is 1. The number of anilines is 1. The van der Waals surface area contributed by atoms with Gasteiger partial charge in [-0.15, -0.1) is 0 Å². The zero-order chi connectivity index (χ0) is 19.8. The maximum Gasteiger partial charge on any atom is 0.307 e. The molecule has 8 nitrogen and oxygen atoms in total. The third-order valence-corrected chi connectivity index (χ3v) is 5.24. The number of likely N-dealkylation sites (N-methyl/N-ethyl adjacent to an activating group) is 1. The van der Waals surface area contributed by atoms with E-state index in [1.165, 1.54) is 5.69 Å². The number of benzene rings is 1. The Kier molecular flexibility index (Phi) is 7.87. The lowest BCUT2D eigenvalue weighted by molar-refractivity contribution is -0.143. The van der Waals surface area contributed by atoms with Gasteiger partial charge in [-0.2, -0.15) is 5.10 Å². The molecule has 0 bridgehead atoms. The Morgan fingerprint density at radius 1 is 1.22 bits per heavy atom. The fraction of sp³-hybridized carbons (Fsp3) is 0.579. The fourth-order valence-corrected chi connectivity index (χ4v) is 3.58. The van der Waals surface area contributed by atoms with Gasteiger partial charge in [-0.3, -0.25) is 4.79 Å². The summed E-state index contributed by atoms with van der Waals surface area (Å²) >= 11 is 0. The molecule has 8 heteroatoms. The standard InChI is InChI=1S/C19H32N6O2/c1-3-4-16(19(26)27)17(18(20)22-23-21)13-14-5-7-15(8-6-14)25-11-9-24(2)10-12-25/h5-8,16-17,23H,3-4,9-13,21H2,1-2H3,(H2,20,22)(H,26,27)/t16-,17-/m0/s1. The first-order valence-corrected chi connectivity index (χ1v) is 9.50. The highest BCUT2D eigenvalue weighted by atomic mass is 16.4. The molecule has 0 aliphatic carbocycles. The maximum atomic E-state index is 11.7. The summed E-state index contributed by atoms with van der Waals surface area (Å²) in [4.78, 5) is 16.4. The molecule has 0 unspecified atom stereocenters. The van der Waals surface area contributed by atoms with Crippen molar-refractivity contribution in [2.24, 2.45) is 28.5 Å². The van der Waals surface area contributed by atoms with Crippen LogP contribution in [0.25, 0.3) is 0 Å². The van der Waals surface area contributed by atoms with Crippen molar-refractivity contribution < 1.29 is 9.90 Å². The van der Waals surface area contributed by atoms with E-state index in [1.807, 2.05) is 6.92 Å². The second-order valence-electron chi connectivity index (χ2n) is 7.17. The van der Waals surface area contributed by atoms with Crippen LogP contribution in [0.4, 0.5) is 5.69 Å². The average molecular weight is 377 g/mol. The van der Waals surface area contributed by atoms with Crippen LogP contribution in [0.2, 0.25) is 0 Å². The van der Waals surface area contributed by atoms with Gasteiger partial charge in [0, 0.05) is 37.8 Å². The second-order valence-corrected chi connectivity index (χ2v) is 7.17. The van der Waals surface area contributed by atoms with Gasteiger partial charge in [-0.25, -0.2) is 11.4 Å². The molecule has 0 amide bonds. The minimum atomic E-state index is -0.855. The SMILES string of the molecule is CCC[C@H](C(=O)O)[C@H](Cc1ccc(N2CCN(C)CC2)cc1)/C(N)=N/NN. The molecule has 1 aromatic rings. The normalized spacial score (nSPS) is 18.2. The number of nitrogens with two attached hydrogens (primary N) is 2. The smallest absolute Gasteiger partial charge is 0.307 e. The number of aliphatic carboxylic acids is 1. The Labute approximate surface area is 161 Å². The van der Waals surface area contributed by atoms with E-state index in [9.17, 15) is 9.90 Å². The van der Waals surface area contributed by atoms with Crippen LogP contribution in [0.3, 0.4) is 0 Å². The minimum absolute atomic E-state index is 0.224. The Bertz CT molecular complexity index is 626. The number of nitrogens with one attached hydrogen (secondary N) is 1. The van der Waals surface area contributed by atoms with Crippen molar-refractivity contribution in [3.05, 3.63) is 29.8 Å². The molecule has 1 aliphatic heterocycles. The monoisotopic (exact) mass is 376 g/mol. The van der Waals surface area contributed by atoms with Crippen molar-refractivity contribution in [3.8, 4) is 0 Å². The first-order valence-electron chi connectivity index (χ1n) is 9.50. The van der Waals surface area contributed by atoms with Crippen molar-refractivity contribution in [2.75, 3.05) is 38.1 Å². The zero-order valence-corrected chi connectivity index (χ0v) is 16.3. The fourth-order valence-electron chi connectivity index (χ4n) is 3.58. The molecule has 1 aliphatic rings. The van der Waals surface area contributed by atoms with E-state index < -0.39 is 17.8 Å². The van der Waals surface area contributed by atoms with E-state index in [-0.39, 0.29) is 5.84 Å². The maximum absolute atomic E-state index is 11.7. The number of carboxylic acid groups (broad SMARTS) is 1. The lowest BCUT2D eigenvalue weighted by Gasteiger charge is -2.34. The van der Waals surface area contributed by atoms with Crippen LogP contribution in [0.15, 0.2) is 29.4 Å². The summed E-state index contributed by atoms with van der Waals surface area (Å²) in [6.45, 7) is 6.10. The molecule has 1 fully saturated rings. The minimum Gasteiger partial charge on any atom is -0.481 e. The number of hydrazone groups is 1. The van der Waals surface area contributed by atoms with Crippen LogP contribution in [0, 0.1) is 11.8 Å². The largest absolute Gasteiger partial charge is 0.481 e. The number of carboxylic acids is 1. The van der Waals surface area contributed by atoms with Gasteiger partial charge in [0.05, 0.1) is 5.92 Å². The average Bonchev–Trinajstić information content (AvgIpc) is 2.66. The summed E-state index contributed by atoms with van der Waals surface area (Å²) in [6.07, 6.45) is 1.82. The van der Waals surface area contributed by atoms with Crippen LogP contribution < -0.4 is 22.0 Å². The molecule has 0 aromatic heterocycles. The van der Waals surface area contributed by atoms with Gasteiger partial charge >= 0.3 is 5.97 Å². The number of rotatable bonds is 9. The van der Waals surface area contributed by atoms with Crippen LogP contribution in [-0.2, 0) is 11.2 Å². The Morgan fingerprint density at radius 3 is 2.37 bits per heavy atom. The van der Waals surface area contributed by atoms with Gasteiger partial charge < -0.3 is 20.6 Å². The van der Waals surface area contributed by atoms with Crippen LogP contribution >= 0.6 is 0 Å².